The Morgan fingerprint density at radius 3 is 2.65 bits per heavy atom. The number of fused-ring (bicyclic) bond motifs is 1. The van der Waals surface area contributed by atoms with Gasteiger partial charge >= 0.3 is 0 Å². The first-order valence-corrected chi connectivity index (χ1v) is 6.48. The minimum absolute atomic E-state index is 0.408. The third-order valence-corrected chi connectivity index (χ3v) is 3.02. The summed E-state index contributed by atoms with van der Waals surface area (Å²) in [5, 5.41) is 3.55. The highest BCUT2D eigenvalue weighted by Crippen LogP contribution is 2.33. The van der Waals surface area contributed by atoms with E-state index in [-0.39, 0.29) is 0 Å². The number of hydrogen-bond acceptors (Lipinski definition) is 3. The molecule has 0 amide bonds. The van der Waals surface area contributed by atoms with Crippen molar-refractivity contribution in [3.8, 4) is 11.5 Å². The maximum Gasteiger partial charge on any atom is 0.161 e. The maximum atomic E-state index is 5.61. The second kappa shape index (κ2) is 5.92. The summed E-state index contributed by atoms with van der Waals surface area (Å²) in [6.07, 6.45) is 2.24. The first-order chi connectivity index (χ1) is 8.35. The van der Waals surface area contributed by atoms with Gasteiger partial charge in [-0.15, -0.1) is 0 Å². The van der Waals surface area contributed by atoms with E-state index in [1.54, 1.807) is 0 Å². The predicted molar refractivity (Wildman–Crippen MR) is 68.8 cm³/mol. The van der Waals surface area contributed by atoms with Gasteiger partial charge in [0, 0.05) is 6.04 Å². The molecule has 1 aromatic carbocycles. The van der Waals surface area contributed by atoms with Crippen LogP contribution in [0.1, 0.15) is 38.3 Å². The minimum Gasteiger partial charge on any atom is -0.486 e. The first-order valence-electron chi connectivity index (χ1n) is 6.48. The van der Waals surface area contributed by atoms with Gasteiger partial charge in [-0.05, 0) is 37.1 Å². The summed E-state index contributed by atoms with van der Waals surface area (Å²) in [4.78, 5) is 0. The van der Waals surface area contributed by atoms with Crippen molar-refractivity contribution < 1.29 is 9.47 Å². The Balaban J connectivity index is 2.13. The first kappa shape index (κ1) is 12.2. The number of benzene rings is 1. The molecule has 1 aliphatic rings. The molecule has 0 bridgehead atoms. The van der Waals surface area contributed by atoms with Gasteiger partial charge in [-0.25, -0.2) is 0 Å². The van der Waals surface area contributed by atoms with Gasteiger partial charge in [0.05, 0.1) is 0 Å². The highest BCUT2D eigenvalue weighted by Gasteiger charge is 2.15. The van der Waals surface area contributed by atoms with Gasteiger partial charge in [0.25, 0.3) is 0 Å². The van der Waals surface area contributed by atoms with Crippen molar-refractivity contribution in [1.82, 2.24) is 5.32 Å². The Labute approximate surface area is 103 Å². The molecule has 0 radical (unpaired) electrons. The van der Waals surface area contributed by atoms with E-state index in [1.807, 2.05) is 6.07 Å². The number of rotatable bonds is 5. The fourth-order valence-electron chi connectivity index (χ4n) is 2.09. The summed E-state index contributed by atoms with van der Waals surface area (Å²) in [6.45, 7) is 6.73. The van der Waals surface area contributed by atoms with Gasteiger partial charge in [-0.1, -0.05) is 19.9 Å². The quantitative estimate of drug-likeness (QED) is 0.851. The van der Waals surface area contributed by atoms with E-state index in [4.69, 9.17) is 9.47 Å². The van der Waals surface area contributed by atoms with Gasteiger partial charge < -0.3 is 14.8 Å². The summed E-state index contributed by atoms with van der Waals surface area (Å²) in [6, 6.07) is 6.65. The average Bonchev–Trinajstić information content (AvgIpc) is 2.39. The SMILES string of the molecule is CCCNC(CC)c1ccc2c(c1)OCCO2. The van der Waals surface area contributed by atoms with Crippen molar-refractivity contribution in [3.63, 3.8) is 0 Å². The summed E-state index contributed by atoms with van der Waals surface area (Å²) in [7, 11) is 0. The molecule has 0 spiro atoms. The molecule has 3 nitrogen and oxygen atoms in total. The van der Waals surface area contributed by atoms with Crippen LogP contribution in [0.15, 0.2) is 18.2 Å². The van der Waals surface area contributed by atoms with Crippen molar-refractivity contribution in [2.24, 2.45) is 0 Å². The summed E-state index contributed by atoms with van der Waals surface area (Å²) in [5.74, 6) is 1.75. The molecule has 1 aliphatic heterocycles. The minimum atomic E-state index is 0.408. The number of nitrogens with one attached hydrogen (secondary N) is 1. The summed E-state index contributed by atoms with van der Waals surface area (Å²) < 4.78 is 11.1. The third kappa shape index (κ3) is 2.91. The smallest absolute Gasteiger partial charge is 0.161 e. The Bertz CT molecular complexity index is 365. The van der Waals surface area contributed by atoms with Crippen molar-refractivity contribution >= 4 is 0 Å². The second-order valence-corrected chi connectivity index (χ2v) is 4.32. The van der Waals surface area contributed by atoms with E-state index >= 15 is 0 Å². The molecule has 2 rings (SSSR count). The normalized spacial score (nSPS) is 15.6. The zero-order chi connectivity index (χ0) is 12.1. The molecular formula is C14H21NO2. The molecule has 0 aliphatic carbocycles. The highest BCUT2D eigenvalue weighted by molar-refractivity contribution is 5.44. The molecule has 0 saturated heterocycles. The largest absolute Gasteiger partial charge is 0.486 e. The fourth-order valence-corrected chi connectivity index (χ4v) is 2.09. The standard InChI is InChI=1S/C14H21NO2/c1-3-7-15-12(4-2)11-5-6-13-14(10-11)17-9-8-16-13/h5-6,10,12,15H,3-4,7-9H2,1-2H3. The van der Waals surface area contributed by atoms with E-state index in [1.165, 1.54) is 5.56 Å². The third-order valence-electron chi connectivity index (χ3n) is 3.02. The molecule has 1 aromatic rings. The monoisotopic (exact) mass is 235 g/mol. The summed E-state index contributed by atoms with van der Waals surface area (Å²) in [5.41, 5.74) is 1.28. The van der Waals surface area contributed by atoms with Crippen LogP contribution in [0.25, 0.3) is 0 Å². The van der Waals surface area contributed by atoms with Crippen molar-refractivity contribution in [1.29, 1.82) is 0 Å². The molecule has 0 fully saturated rings. The topological polar surface area (TPSA) is 30.5 Å². The Hall–Kier alpha value is -1.22. The van der Waals surface area contributed by atoms with Gasteiger partial charge in [-0.2, -0.15) is 0 Å². The van der Waals surface area contributed by atoms with Crippen molar-refractivity contribution in [2.45, 2.75) is 32.7 Å². The second-order valence-electron chi connectivity index (χ2n) is 4.32. The molecule has 0 aromatic heterocycles. The molecule has 94 valence electrons. The molecule has 1 heterocycles. The maximum absolute atomic E-state index is 5.61. The molecule has 1 unspecified atom stereocenters. The molecule has 0 saturated carbocycles. The van der Waals surface area contributed by atoms with E-state index in [2.05, 4.69) is 31.3 Å². The lowest BCUT2D eigenvalue weighted by Crippen LogP contribution is -2.22. The van der Waals surface area contributed by atoms with Crippen LogP contribution in [0.3, 0.4) is 0 Å². The van der Waals surface area contributed by atoms with Crippen LogP contribution < -0.4 is 14.8 Å². The fraction of sp³-hybridized carbons (Fsp3) is 0.571. The van der Waals surface area contributed by atoms with Crippen LogP contribution in [0.2, 0.25) is 0 Å². The lowest BCUT2D eigenvalue weighted by Gasteiger charge is -2.22. The van der Waals surface area contributed by atoms with Crippen LogP contribution in [0, 0.1) is 0 Å². The lowest BCUT2D eigenvalue weighted by atomic mass is 10.0. The zero-order valence-corrected chi connectivity index (χ0v) is 10.7. The molecule has 1 N–H and O–H groups in total. The molecular weight excluding hydrogens is 214 g/mol. The molecule has 1 atom stereocenters. The van der Waals surface area contributed by atoms with E-state index in [0.29, 0.717) is 19.3 Å². The Morgan fingerprint density at radius 1 is 1.18 bits per heavy atom. The number of ether oxygens (including phenoxy) is 2. The van der Waals surface area contributed by atoms with Gasteiger partial charge in [0.15, 0.2) is 11.5 Å². The van der Waals surface area contributed by atoms with E-state index < -0.39 is 0 Å². The number of hydrogen-bond donors (Lipinski definition) is 1. The van der Waals surface area contributed by atoms with Crippen LogP contribution in [0.5, 0.6) is 11.5 Å². The predicted octanol–water partition coefficient (Wildman–Crippen LogP) is 2.91. The van der Waals surface area contributed by atoms with Gasteiger partial charge in [0.1, 0.15) is 13.2 Å². The Kier molecular flexibility index (Phi) is 4.26. The summed E-state index contributed by atoms with van der Waals surface area (Å²) >= 11 is 0. The van der Waals surface area contributed by atoms with Crippen molar-refractivity contribution in [3.05, 3.63) is 23.8 Å². The van der Waals surface area contributed by atoms with Crippen LogP contribution in [0.4, 0.5) is 0 Å². The zero-order valence-electron chi connectivity index (χ0n) is 10.7. The van der Waals surface area contributed by atoms with E-state index in [9.17, 15) is 0 Å². The van der Waals surface area contributed by atoms with Crippen LogP contribution >= 0.6 is 0 Å². The average molecular weight is 235 g/mol. The Morgan fingerprint density at radius 2 is 1.94 bits per heavy atom. The lowest BCUT2D eigenvalue weighted by molar-refractivity contribution is 0.171. The van der Waals surface area contributed by atoms with Crippen LogP contribution in [-0.4, -0.2) is 19.8 Å². The van der Waals surface area contributed by atoms with E-state index in [0.717, 1.165) is 30.9 Å². The highest BCUT2D eigenvalue weighted by atomic mass is 16.6. The molecule has 17 heavy (non-hydrogen) atoms. The molecule has 3 heteroatoms. The van der Waals surface area contributed by atoms with Gasteiger partial charge in [-0.3, -0.25) is 0 Å². The van der Waals surface area contributed by atoms with Crippen LogP contribution in [-0.2, 0) is 0 Å². The van der Waals surface area contributed by atoms with Crippen molar-refractivity contribution in [2.75, 3.05) is 19.8 Å². The van der Waals surface area contributed by atoms with Gasteiger partial charge in [0.2, 0.25) is 0 Å².